The van der Waals surface area contributed by atoms with E-state index >= 15 is 0 Å². The van der Waals surface area contributed by atoms with Crippen LogP contribution < -0.4 is 0 Å². The molecule has 0 aromatic carbocycles. The molecule has 0 unspecified atom stereocenters. The largest absolute Gasteiger partial charge is 2.00 e. The maximum Gasteiger partial charge on any atom is 2.00 e. The monoisotopic (exact) mass is 222 g/mol. The summed E-state index contributed by atoms with van der Waals surface area (Å²) < 4.78 is 0. The molecule has 0 aliphatic carbocycles. The van der Waals surface area contributed by atoms with E-state index in [0.717, 1.165) is 0 Å². The van der Waals surface area contributed by atoms with E-state index in [-0.39, 0.29) is 21.7 Å². The first-order valence-corrected chi connectivity index (χ1v) is 3.66. The van der Waals surface area contributed by atoms with E-state index in [0.29, 0.717) is 12.8 Å². The zero-order chi connectivity index (χ0) is 9.98. The summed E-state index contributed by atoms with van der Waals surface area (Å²) in [6.07, 6.45) is 3.63. The normalized spacial score (nSPS) is 6.92. The summed E-state index contributed by atoms with van der Waals surface area (Å²) in [7, 11) is 0. The van der Waals surface area contributed by atoms with Gasteiger partial charge in [0.15, 0.2) is 11.9 Å². The molecular formula is C8H14O4Ti. The number of carboxylic acid groups (broad SMARTS) is 2. The Balaban J connectivity index is -0.000000143. The molecule has 0 radical (unpaired) electrons. The Bertz CT molecular complexity index is 120. The summed E-state index contributed by atoms with van der Waals surface area (Å²) in [5.41, 5.74) is 0. The topological polar surface area (TPSA) is 74.6 Å². The average Bonchev–Trinajstić information content (AvgIpc) is 1.87. The minimum atomic E-state index is -0.836. The fourth-order valence-electron chi connectivity index (χ4n) is 0.349. The van der Waals surface area contributed by atoms with Crippen LogP contribution in [-0.2, 0) is 31.3 Å². The standard InChI is InChI=1S/2C4H7O2.Ti/c2*1-2-3-4(5)6;/h2*3H,2H2,1H3,(H,5,6);/q2*-1;+2. The first kappa shape index (κ1) is 18.2. The van der Waals surface area contributed by atoms with Crippen LogP contribution in [-0.4, -0.2) is 22.2 Å². The Labute approximate surface area is 93.2 Å². The molecule has 0 saturated carbocycles. The first-order valence-electron chi connectivity index (χ1n) is 3.66. The van der Waals surface area contributed by atoms with Crippen molar-refractivity contribution in [2.45, 2.75) is 26.7 Å². The predicted octanol–water partition coefficient (Wildman–Crippen LogP) is 1.37. The fraction of sp³-hybridized carbons (Fsp3) is 0.500. The third kappa shape index (κ3) is 34.6. The van der Waals surface area contributed by atoms with Crippen LogP contribution in [0.4, 0.5) is 0 Å². The minimum absolute atomic E-state index is 0. The van der Waals surface area contributed by atoms with Crippen molar-refractivity contribution < 1.29 is 41.5 Å². The van der Waals surface area contributed by atoms with Crippen molar-refractivity contribution >= 4 is 11.9 Å². The van der Waals surface area contributed by atoms with E-state index in [4.69, 9.17) is 10.2 Å². The Kier molecular flexibility index (Phi) is 19.6. The van der Waals surface area contributed by atoms with Crippen LogP contribution in [0.1, 0.15) is 26.7 Å². The van der Waals surface area contributed by atoms with E-state index in [2.05, 4.69) is 0 Å². The van der Waals surface area contributed by atoms with Crippen molar-refractivity contribution in [3.8, 4) is 0 Å². The number of hydrogen-bond acceptors (Lipinski definition) is 2. The molecule has 0 aliphatic rings. The quantitative estimate of drug-likeness (QED) is 0.556. The summed E-state index contributed by atoms with van der Waals surface area (Å²) in [5, 5.41) is 15.7. The van der Waals surface area contributed by atoms with Crippen LogP contribution in [0.2, 0.25) is 0 Å². The molecule has 0 bridgehead atoms. The van der Waals surface area contributed by atoms with Crippen LogP contribution >= 0.6 is 0 Å². The zero-order valence-corrected chi connectivity index (χ0v) is 9.34. The van der Waals surface area contributed by atoms with Crippen LogP contribution in [0.15, 0.2) is 0 Å². The van der Waals surface area contributed by atoms with Crippen molar-refractivity contribution in [1.29, 1.82) is 0 Å². The number of carbonyl (C=O) groups is 2. The first-order chi connectivity index (χ1) is 5.54. The second kappa shape index (κ2) is 13.9. The van der Waals surface area contributed by atoms with Gasteiger partial charge in [0.25, 0.3) is 0 Å². The summed E-state index contributed by atoms with van der Waals surface area (Å²) in [4.78, 5) is 19.1. The molecule has 2 N–H and O–H groups in total. The van der Waals surface area contributed by atoms with Crippen molar-refractivity contribution in [3.05, 3.63) is 12.8 Å². The van der Waals surface area contributed by atoms with E-state index in [1.165, 1.54) is 12.8 Å². The maximum atomic E-state index is 9.54. The van der Waals surface area contributed by atoms with Crippen LogP contribution in [0.5, 0.6) is 0 Å². The smallest absolute Gasteiger partial charge is 0.503 e. The van der Waals surface area contributed by atoms with Gasteiger partial charge in [-0.3, -0.25) is 22.4 Å². The van der Waals surface area contributed by atoms with E-state index in [9.17, 15) is 9.59 Å². The molecule has 74 valence electrons. The molecule has 0 heterocycles. The van der Waals surface area contributed by atoms with Gasteiger partial charge in [0.2, 0.25) is 0 Å². The minimum Gasteiger partial charge on any atom is -0.503 e. The Morgan fingerprint density at radius 3 is 1.23 bits per heavy atom. The van der Waals surface area contributed by atoms with Crippen molar-refractivity contribution in [1.82, 2.24) is 0 Å². The van der Waals surface area contributed by atoms with E-state index in [1.54, 1.807) is 13.8 Å². The number of rotatable bonds is 4. The third-order valence-electron chi connectivity index (χ3n) is 0.757. The Hall–Kier alpha value is -0.606. The molecule has 0 aromatic rings. The molecule has 13 heavy (non-hydrogen) atoms. The van der Waals surface area contributed by atoms with Crippen LogP contribution in [0.3, 0.4) is 0 Å². The average molecular weight is 222 g/mol. The SMILES string of the molecule is CC[CH-]C(=O)O.CC[CH-]C(=O)O.[Ti+2]. The van der Waals surface area contributed by atoms with Gasteiger partial charge in [0.05, 0.1) is 0 Å². The van der Waals surface area contributed by atoms with Crippen molar-refractivity contribution in [2.24, 2.45) is 0 Å². The number of aliphatic carboxylic acids is 2. The maximum absolute atomic E-state index is 9.54. The zero-order valence-electron chi connectivity index (χ0n) is 7.78. The van der Waals surface area contributed by atoms with Gasteiger partial charge in [0.1, 0.15) is 0 Å². The summed E-state index contributed by atoms with van der Waals surface area (Å²) in [6, 6.07) is 0. The van der Waals surface area contributed by atoms with Gasteiger partial charge in [-0.15, -0.1) is 0 Å². The van der Waals surface area contributed by atoms with Gasteiger partial charge in [-0.2, -0.15) is 12.8 Å². The fourth-order valence-corrected chi connectivity index (χ4v) is 0.349. The van der Waals surface area contributed by atoms with Crippen molar-refractivity contribution in [3.63, 3.8) is 0 Å². The van der Waals surface area contributed by atoms with Gasteiger partial charge in [0, 0.05) is 0 Å². The Morgan fingerprint density at radius 2 is 1.23 bits per heavy atom. The summed E-state index contributed by atoms with van der Waals surface area (Å²) in [6.45, 7) is 3.57. The molecule has 0 fully saturated rings. The van der Waals surface area contributed by atoms with Gasteiger partial charge in [-0.1, -0.05) is 13.8 Å². The van der Waals surface area contributed by atoms with Gasteiger partial charge >= 0.3 is 21.7 Å². The predicted molar refractivity (Wildman–Crippen MR) is 44.5 cm³/mol. The number of hydrogen-bond donors (Lipinski definition) is 2. The number of carboxylic acids is 2. The molecule has 0 aliphatic heterocycles. The molecule has 0 saturated heterocycles. The molecule has 0 spiro atoms. The molecule has 5 heteroatoms. The van der Waals surface area contributed by atoms with Gasteiger partial charge in [-0.05, 0) is 0 Å². The molecule has 0 rings (SSSR count). The third-order valence-corrected chi connectivity index (χ3v) is 0.757. The van der Waals surface area contributed by atoms with Gasteiger partial charge < -0.3 is 10.2 Å². The molecule has 0 amide bonds. The molecule has 4 nitrogen and oxygen atoms in total. The van der Waals surface area contributed by atoms with Crippen LogP contribution in [0, 0.1) is 12.8 Å². The molecule has 0 atom stereocenters. The molecule has 0 aromatic heterocycles. The van der Waals surface area contributed by atoms with E-state index < -0.39 is 11.9 Å². The second-order valence-corrected chi connectivity index (χ2v) is 1.90. The van der Waals surface area contributed by atoms with Crippen LogP contribution in [0.25, 0.3) is 0 Å². The van der Waals surface area contributed by atoms with E-state index in [1.807, 2.05) is 0 Å². The summed E-state index contributed by atoms with van der Waals surface area (Å²) in [5.74, 6) is -1.67. The summed E-state index contributed by atoms with van der Waals surface area (Å²) >= 11 is 0. The Morgan fingerprint density at radius 1 is 1.00 bits per heavy atom. The van der Waals surface area contributed by atoms with Gasteiger partial charge in [-0.25, -0.2) is 0 Å². The van der Waals surface area contributed by atoms with Crippen molar-refractivity contribution in [2.75, 3.05) is 0 Å². The second-order valence-electron chi connectivity index (χ2n) is 1.90. The molecular weight excluding hydrogens is 208 g/mol.